The predicted octanol–water partition coefficient (Wildman–Crippen LogP) is 2.09. The second-order valence-electron chi connectivity index (χ2n) is 3.81. The van der Waals surface area contributed by atoms with E-state index in [0.29, 0.717) is 11.5 Å². The molecule has 0 radical (unpaired) electrons. The van der Waals surface area contributed by atoms with Gasteiger partial charge in [0.25, 0.3) is 10.0 Å². The zero-order chi connectivity index (χ0) is 14.9. The summed E-state index contributed by atoms with van der Waals surface area (Å²) in [5, 5.41) is 8.86. The molecule has 2 aromatic rings. The van der Waals surface area contributed by atoms with E-state index in [1.165, 1.54) is 19.1 Å². The van der Waals surface area contributed by atoms with Crippen molar-refractivity contribution in [1.29, 1.82) is 0 Å². The minimum Gasteiger partial charge on any atom is -0.478 e. The van der Waals surface area contributed by atoms with Crippen LogP contribution in [0.1, 0.15) is 16.1 Å². The van der Waals surface area contributed by atoms with Crippen LogP contribution in [0.4, 0.5) is 9.39 Å². The van der Waals surface area contributed by atoms with Crippen molar-refractivity contribution in [2.24, 2.45) is 0 Å². The summed E-state index contributed by atoms with van der Waals surface area (Å²) in [5.41, 5.74) is -0.0522. The number of aromatic carboxylic acids is 1. The van der Waals surface area contributed by atoms with Crippen molar-refractivity contribution in [1.82, 2.24) is 4.37 Å². The minimum absolute atomic E-state index is 0.154. The second-order valence-corrected chi connectivity index (χ2v) is 6.24. The molecule has 6 nitrogen and oxygen atoms in total. The number of anilines is 1. The molecule has 0 aliphatic heterocycles. The van der Waals surface area contributed by atoms with Gasteiger partial charge in [0.1, 0.15) is 21.3 Å². The number of halogens is 1. The Morgan fingerprint density at radius 2 is 2.05 bits per heavy atom. The molecule has 0 amide bonds. The Labute approximate surface area is 118 Å². The molecule has 9 heteroatoms. The molecule has 20 heavy (non-hydrogen) atoms. The predicted molar refractivity (Wildman–Crippen MR) is 71.0 cm³/mol. The van der Waals surface area contributed by atoms with E-state index in [1.54, 1.807) is 0 Å². The number of nitrogens with zero attached hydrogens (tertiary/aromatic N) is 1. The second kappa shape index (κ2) is 5.17. The Bertz CT molecular complexity index is 770. The monoisotopic (exact) mass is 316 g/mol. The maximum absolute atomic E-state index is 13.5. The third kappa shape index (κ3) is 2.63. The largest absolute Gasteiger partial charge is 0.478 e. The van der Waals surface area contributed by atoms with Gasteiger partial charge in [0.15, 0.2) is 0 Å². The first-order valence-electron chi connectivity index (χ1n) is 5.30. The molecule has 0 saturated carbocycles. The van der Waals surface area contributed by atoms with Gasteiger partial charge in [-0.1, -0.05) is 12.1 Å². The first-order chi connectivity index (χ1) is 9.33. The standard InChI is InChI=1S/C11H9FN2O4S2/c1-6-9(11(15)16)10(19-13-6)14-20(17,18)8-5-3-2-4-7(8)12/h2-5,14H,1H3,(H,15,16). The molecule has 0 fully saturated rings. The zero-order valence-corrected chi connectivity index (χ0v) is 11.8. The van der Waals surface area contributed by atoms with E-state index in [1.807, 2.05) is 0 Å². The molecular formula is C11H9FN2O4S2. The van der Waals surface area contributed by atoms with E-state index in [4.69, 9.17) is 5.11 Å². The van der Waals surface area contributed by atoms with E-state index in [9.17, 15) is 17.6 Å². The van der Waals surface area contributed by atoms with Crippen LogP contribution in [-0.2, 0) is 10.0 Å². The summed E-state index contributed by atoms with van der Waals surface area (Å²) in [5.74, 6) is -2.22. The fraction of sp³-hybridized carbons (Fsp3) is 0.0909. The third-order valence-corrected chi connectivity index (χ3v) is 4.80. The van der Waals surface area contributed by atoms with E-state index >= 15 is 0 Å². The first-order valence-corrected chi connectivity index (χ1v) is 7.55. The summed E-state index contributed by atoms with van der Waals surface area (Å²) in [6.45, 7) is 1.45. The lowest BCUT2D eigenvalue weighted by atomic mass is 10.2. The number of carbonyl (C=O) groups is 1. The molecule has 2 N–H and O–H groups in total. The number of sulfonamides is 1. The summed E-state index contributed by atoms with van der Waals surface area (Å²) >= 11 is 0.688. The van der Waals surface area contributed by atoms with Gasteiger partial charge in [-0.05, 0) is 30.6 Å². The fourth-order valence-electron chi connectivity index (χ4n) is 1.53. The molecule has 0 aliphatic carbocycles. The van der Waals surface area contributed by atoms with Crippen molar-refractivity contribution in [2.45, 2.75) is 11.8 Å². The van der Waals surface area contributed by atoms with Gasteiger partial charge < -0.3 is 5.11 Å². The van der Waals surface area contributed by atoms with Crippen molar-refractivity contribution < 1.29 is 22.7 Å². The van der Waals surface area contributed by atoms with Gasteiger partial charge in [0.05, 0.1) is 5.69 Å². The number of carboxylic acid groups (broad SMARTS) is 1. The highest BCUT2D eigenvalue weighted by Gasteiger charge is 2.24. The molecule has 0 unspecified atom stereocenters. The Kier molecular flexibility index (Phi) is 3.73. The highest BCUT2D eigenvalue weighted by Crippen LogP contribution is 2.27. The van der Waals surface area contributed by atoms with Crippen molar-refractivity contribution >= 4 is 32.5 Å². The fourth-order valence-corrected chi connectivity index (χ4v) is 3.69. The Morgan fingerprint density at radius 3 is 2.65 bits per heavy atom. The molecule has 0 atom stereocenters. The van der Waals surface area contributed by atoms with Crippen LogP contribution in [0.5, 0.6) is 0 Å². The molecule has 0 saturated heterocycles. The number of carboxylic acids is 1. The number of aromatic nitrogens is 1. The maximum Gasteiger partial charge on any atom is 0.340 e. The van der Waals surface area contributed by atoms with Crippen LogP contribution >= 0.6 is 11.5 Å². The van der Waals surface area contributed by atoms with Crippen molar-refractivity contribution in [3.05, 3.63) is 41.3 Å². The molecule has 106 valence electrons. The molecule has 0 spiro atoms. The van der Waals surface area contributed by atoms with Crippen LogP contribution in [0, 0.1) is 12.7 Å². The van der Waals surface area contributed by atoms with Gasteiger partial charge in [-0.15, -0.1) is 0 Å². The molecule has 1 heterocycles. The smallest absolute Gasteiger partial charge is 0.340 e. The lowest BCUT2D eigenvalue weighted by Crippen LogP contribution is -2.15. The number of aryl methyl sites for hydroxylation is 1. The van der Waals surface area contributed by atoms with Crippen LogP contribution in [0.15, 0.2) is 29.2 Å². The van der Waals surface area contributed by atoms with Gasteiger partial charge in [0.2, 0.25) is 0 Å². The van der Waals surface area contributed by atoms with Crippen molar-refractivity contribution in [2.75, 3.05) is 4.72 Å². The molecule has 2 rings (SSSR count). The number of rotatable bonds is 4. The summed E-state index contributed by atoms with van der Waals surface area (Å²) in [6.07, 6.45) is 0. The van der Waals surface area contributed by atoms with Crippen molar-refractivity contribution in [3.8, 4) is 0 Å². The van der Waals surface area contributed by atoms with Crippen molar-refractivity contribution in [3.63, 3.8) is 0 Å². The first kappa shape index (κ1) is 14.4. The molecule has 1 aromatic carbocycles. The Balaban J connectivity index is 2.45. The third-order valence-electron chi connectivity index (χ3n) is 2.43. The average Bonchev–Trinajstić information content (AvgIpc) is 2.70. The number of hydrogen-bond acceptors (Lipinski definition) is 5. The quantitative estimate of drug-likeness (QED) is 0.900. The topological polar surface area (TPSA) is 96.4 Å². The lowest BCUT2D eigenvalue weighted by molar-refractivity contribution is 0.0697. The average molecular weight is 316 g/mol. The van der Waals surface area contributed by atoms with Crippen LogP contribution < -0.4 is 4.72 Å². The zero-order valence-electron chi connectivity index (χ0n) is 10.1. The normalized spacial score (nSPS) is 11.3. The summed E-state index contributed by atoms with van der Waals surface area (Å²) in [7, 11) is -4.20. The Morgan fingerprint density at radius 1 is 1.40 bits per heavy atom. The molecule has 1 aromatic heterocycles. The van der Waals surface area contributed by atoms with E-state index in [-0.39, 0.29) is 16.3 Å². The number of benzene rings is 1. The highest BCUT2D eigenvalue weighted by atomic mass is 32.2. The van der Waals surface area contributed by atoms with Gasteiger partial charge in [0, 0.05) is 0 Å². The van der Waals surface area contributed by atoms with E-state index in [0.717, 1.165) is 12.1 Å². The summed E-state index contributed by atoms with van der Waals surface area (Å²) < 4.78 is 43.4. The Hall–Kier alpha value is -2.00. The number of hydrogen-bond donors (Lipinski definition) is 2. The van der Waals surface area contributed by atoms with Crippen LogP contribution in [0.2, 0.25) is 0 Å². The van der Waals surface area contributed by atoms with Crippen LogP contribution in [0.3, 0.4) is 0 Å². The highest BCUT2D eigenvalue weighted by molar-refractivity contribution is 7.93. The van der Waals surface area contributed by atoms with Gasteiger partial charge in [-0.25, -0.2) is 17.6 Å². The van der Waals surface area contributed by atoms with Gasteiger partial charge in [-0.2, -0.15) is 4.37 Å². The molecule has 0 bridgehead atoms. The maximum atomic E-state index is 13.5. The van der Waals surface area contributed by atoms with Gasteiger partial charge in [-0.3, -0.25) is 4.72 Å². The molecule has 0 aliphatic rings. The number of nitrogens with one attached hydrogen (secondary N) is 1. The van der Waals surface area contributed by atoms with E-state index < -0.39 is 26.7 Å². The lowest BCUT2D eigenvalue weighted by Gasteiger charge is -2.07. The summed E-state index contributed by atoms with van der Waals surface area (Å²) in [6, 6.07) is 4.82. The SMILES string of the molecule is Cc1nsc(NS(=O)(=O)c2ccccc2F)c1C(=O)O. The van der Waals surface area contributed by atoms with Crippen LogP contribution in [0.25, 0.3) is 0 Å². The van der Waals surface area contributed by atoms with Crippen LogP contribution in [-0.4, -0.2) is 23.9 Å². The van der Waals surface area contributed by atoms with E-state index in [2.05, 4.69) is 9.10 Å². The molecular weight excluding hydrogens is 307 g/mol. The minimum atomic E-state index is -4.20. The van der Waals surface area contributed by atoms with Gasteiger partial charge >= 0.3 is 5.97 Å². The summed E-state index contributed by atoms with van der Waals surface area (Å²) in [4.78, 5) is 10.5.